The van der Waals surface area contributed by atoms with Crippen molar-refractivity contribution in [2.24, 2.45) is 5.73 Å². The predicted octanol–water partition coefficient (Wildman–Crippen LogP) is 12.7. The minimum Gasteiger partial charge on any atom is -0.462 e. The maximum absolute atomic E-state index is 12.6. The minimum absolute atomic E-state index is 0.0243. The molecule has 2 unspecified atom stereocenters. The number of ether oxygens (including phenoxy) is 2. The predicted molar refractivity (Wildman–Crippen MR) is 247 cm³/mol. The molecule has 10 heteroatoms. The lowest BCUT2D eigenvalue weighted by atomic mass is 10.2. The molecule has 0 aromatic carbocycles. The fourth-order valence-electron chi connectivity index (χ4n) is 4.88. The van der Waals surface area contributed by atoms with Crippen LogP contribution >= 0.6 is 7.82 Å². The van der Waals surface area contributed by atoms with Gasteiger partial charge in [-0.15, -0.1) is 0 Å². The molecule has 0 amide bonds. The second kappa shape index (κ2) is 43.7. The van der Waals surface area contributed by atoms with Gasteiger partial charge in [0.1, 0.15) is 6.61 Å². The third-order valence-electron chi connectivity index (χ3n) is 8.05. The van der Waals surface area contributed by atoms with Crippen molar-refractivity contribution in [3.05, 3.63) is 134 Å². The molecule has 0 rings (SSSR count). The first-order chi connectivity index (χ1) is 28.8. The zero-order valence-electron chi connectivity index (χ0n) is 36.2. The number of unbranched alkanes of at least 4 members (excludes halogenated alkanes) is 3. The van der Waals surface area contributed by atoms with Gasteiger partial charge in [0, 0.05) is 19.4 Å². The number of phosphoric acid groups is 1. The van der Waals surface area contributed by atoms with E-state index < -0.39 is 32.5 Å². The Morgan fingerprint density at radius 2 is 0.915 bits per heavy atom. The fraction of sp³-hybridized carbons (Fsp3) is 0.510. The highest BCUT2D eigenvalue weighted by Crippen LogP contribution is 2.43. The first kappa shape index (κ1) is 55.2. The Morgan fingerprint density at radius 1 is 0.525 bits per heavy atom. The molecule has 0 aromatic rings. The van der Waals surface area contributed by atoms with Crippen molar-refractivity contribution in [3.8, 4) is 0 Å². The molecule has 9 nitrogen and oxygen atoms in total. The number of hydrogen-bond acceptors (Lipinski definition) is 8. The zero-order chi connectivity index (χ0) is 43.2. The number of hydrogen-bond donors (Lipinski definition) is 2. The second-order valence-corrected chi connectivity index (χ2v) is 14.9. The van der Waals surface area contributed by atoms with E-state index in [0.717, 1.165) is 64.2 Å². The van der Waals surface area contributed by atoms with Gasteiger partial charge in [0.2, 0.25) is 0 Å². The van der Waals surface area contributed by atoms with Crippen LogP contribution in [0, 0.1) is 0 Å². The largest absolute Gasteiger partial charge is 0.472 e. The van der Waals surface area contributed by atoms with Gasteiger partial charge < -0.3 is 20.1 Å². The first-order valence-corrected chi connectivity index (χ1v) is 23.2. The van der Waals surface area contributed by atoms with Crippen LogP contribution in [0.5, 0.6) is 0 Å². The number of carbonyl (C=O) groups is 2. The summed E-state index contributed by atoms with van der Waals surface area (Å²) in [6.45, 7) is 3.38. The molecule has 0 radical (unpaired) electrons. The van der Waals surface area contributed by atoms with Crippen molar-refractivity contribution in [2.75, 3.05) is 26.4 Å². The molecule has 0 bridgehead atoms. The molecule has 0 saturated carbocycles. The van der Waals surface area contributed by atoms with Gasteiger partial charge in [-0.1, -0.05) is 160 Å². The summed E-state index contributed by atoms with van der Waals surface area (Å²) in [7, 11) is -4.42. The van der Waals surface area contributed by atoms with Crippen LogP contribution in [0.3, 0.4) is 0 Å². The average Bonchev–Trinajstić information content (AvgIpc) is 3.22. The van der Waals surface area contributed by atoms with E-state index in [0.29, 0.717) is 12.8 Å². The van der Waals surface area contributed by atoms with E-state index in [2.05, 4.69) is 123 Å². The summed E-state index contributed by atoms with van der Waals surface area (Å²) >= 11 is 0. The van der Waals surface area contributed by atoms with Crippen LogP contribution in [-0.2, 0) is 32.7 Å². The van der Waals surface area contributed by atoms with Crippen LogP contribution in [0.15, 0.2) is 134 Å². The monoisotopic (exact) mass is 838 g/mol. The number of nitrogens with two attached hydrogens (primary N) is 1. The lowest BCUT2D eigenvalue weighted by Gasteiger charge is -2.19. The summed E-state index contributed by atoms with van der Waals surface area (Å²) < 4.78 is 32.6. The smallest absolute Gasteiger partial charge is 0.462 e. The molecule has 0 aliphatic carbocycles. The van der Waals surface area contributed by atoms with Gasteiger partial charge in [0.25, 0.3) is 0 Å². The molecule has 59 heavy (non-hydrogen) atoms. The first-order valence-electron chi connectivity index (χ1n) is 21.7. The Hall–Kier alpha value is -3.85. The Labute approximate surface area is 357 Å². The number of phosphoric ester groups is 1. The molecule has 0 aliphatic rings. The van der Waals surface area contributed by atoms with E-state index in [1.807, 2.05) is 24.3 Å². The molecule has 0 spiro atoms. The molecule has 2 atom stereocenters. The maximum atomic E-state index is 12.6. The third kappa shape index (κ3) is 43.6. The number of allylic oxidation sites excluding steroid dienone is 22. The zero-order valence-corrected chi connectivity index (χ0v) is 37.1. The summed E-state index contributed by atoms with van der Waals surface area (Å²) in [5.74, 6) is -1.04. The Morgan fingerprint density at radius 3 is 1.32 bits per heavy atom. The second-order valence-electron chi connectivity index (χ2n) is 13.5. The summed E-state index contributed by atoms with van der Waals surface area (Å²) in [5.41, 5.74) is 5.34. The Kier molecular flexibility index (Phi) is 40.9. The van der Waals surface area contributed by atoms with Gasteiger partial charge in [0.05, 0.1) is 13.2 Å². The highest BCUT2D eigenvalue weighted by molar-refractivity contribution is 7.47. The van der Waals surface area contributed by atoms with Crippen molar-refractivity contribution < 1.29 is 37.6 Å². The van der Waals surface area contributed by atoms with Crippen LogP contribution in [0.25, 0.3) is 0 Å². The Balaban J connectivity index is 4.44. The van der Waals surface area contributed by atoms with Crippen LogP contribution in [0.2, 0.25) is 0 Å². The van der Waals surface area contributed by atoms with E-state index in [1.165, 1.54) is 25.7 Å². The number of carbonyl (C=O) groups excluding carboxylic acids is 2. The van der Waals surface area contributed by atoms with Crippen LogP contribution in [0.4, 0.5) is 0 Å². The SMILES string of the molecule is CC/C=C\C/C=C\C/C=C\C/C=C\C/C=C\C/C=C\CCC(=O)OC(COC(=O)CC/C=C\C/C=C\C/C=C\C/C=C\C/C=C\CCCCC)COP(=O)(O)OCCN. The molecule has 0 aliphatic heterocycles. The quantitative estimate of drug-likeness (QED) is 0.0270. The lowest BCUT2D eigenvalue weighted by Crippen LogP contribution is -2.29. The summed E-state index contributed by atoms with van der Waals surface area (Å²) in [4.78, 5) is 34.8. The van der Waals surface area contributed by atoms with Crippen molar-refractivity contribution in [3.63, 3.8) is 0 Å². The molecule has 0 heterocycles. The van der Waals surface area contributed by atoms with Crippen molar-refractivity contribution in [1.82, 2.24) is 0 Å². The molecule has 0 aromatic heterocycles. The van der Waals surface area contributed by atoms with Gasteiger partial charge in [-0.3, -0.25) is 18.6 Å². The van der Waals surface area contributed by atoms with Gasteiger partial charge in [-0.2, -0.15) is 0 Å². The van der Waals surface area contributed by atoms with E-state index in [4.69, 9.17) is 24.3 Å². The van der Waals surface area contributed by atoms with E-state index in [9.17, 15) is 19.0 Å². The molecular formula is C49H76NO8P. The topological polar surface area (TPSA) is 134 Å². The van der Waals surface area contributed by atoms with Crippen LogP contribution < -0.4 is 5.73 Å². The standard InChI is InChI=1S/C49H76NO8P/c1-3-5-7-9-11-13-15-17-19-21-23-25-27-29-31-33-35-37-39-41-48(51)55-45-47(46-57-59(53,54)56-44-43-50)58-49(52)42-40-38-36-34-32-30-28-26-24-22-20-18-16-14-12-10-8-6-4-2/h6,8,11-14,17-20,23-26,29-32,35-38,47H,3-5,7,9-10,15-16,21-22,27-28,33-34,39-46,50H2,1-2H3,(H,53,54)/b8-6-,13-11-,14-12-,19-17-,20-18-,25-23-,26-24-,31-29-,32-30-,37-35-,38-36-. The maximum Gasteiger partial charge on any atom is 0.472 e. The van der Waals surface area contributed by atoms with Crippen molar-refractivity contribution >= 4 is 19.8 Å². The highest BCUT2D eigenvalue weighted by Gasteiger charge is 2.25. The highest BCUT2D eigenvalue weighted by atomic mass is 31.2. The van der Waals surface area contributed by atoms with Crippen LogP contribution in [-0.4, -0.2) is 49.3 Å². The van der Waals surface area contributed by atoms with E-state index in [-0.39, 0.29) is 32.6 Å². The average molecular weight is 838 g/mol. The van der Waals surface area contributed by atoms with E-state index >= 15 is 0 Å². The molecule has 0 saturated heterocycles. The molecule has 0 fully saturated rings. The molecular weight excluding hydrogens is 762 g/mol. The summed E-state index contributed by atoms with van der Waals surface area (Å²) in [6.07, 6.45) is 60.8. The van der Waals surface area contributed by atoms with Gasteiger partial charge in [-0.05, 0) is 89.9 Å². The minimum atomic E-state index is -4.42. The Bertz CT molecular complexity index is 1420. The normalized spacial score (nSPS) is 14.6. The van der Waals surface area contributed by atoms with Gasteiger partial charge >= 0.3 is 19.8 Å². The van der Waals surface area contributed by atoms with Gasteiger partial charge in [-0.25, -0.2) is 4.57 Å². The fourth-order valence-corrected chi connectivity index (χ4v) is 5.64. The lowest BCUT2D eigenvalue weighted by molar-refractivity contribution is -0.161. The van der Waals surface area contributed by atoms with Gasteiger partial charge in [0.15, 0.2) is 6.10 Å². The molecule has 330 valence electrons. The van der Waals surface area contributed by atoms with Crippen LogP contribution in [0.1, 0.15) is 129 Å². The third-order valence-corrected chi connectivity index (χ3v) is 9.03. The number of rotatable bonds is 38. The van der Waals surface area contributed by atoms with Crippen molar-refractivity contribution in [1.29, 1.82) is 0 Å². The number of esters is 2. The summed E-state index contributed by atoms with van der Waals surface area (Å²) in [6, 6.07) is 0. The summed E-state index contributed by atoms with van der Waals surface area (Å²) in [5, 5.41) is 0. The van der Waals surface area contributed by atoms with E-state index in [1.54, 1.807) is 0 Å². The molecule has 3 N–H and O–H groups in total. The van der Waals surface area contributed by atoms with Crippen molar-refractivity contribution in [2.45, 2.75) is 136 Å².